The fourth-order valence-electron chi connectivity index (χ4n) is 4.42. The summed E-state index contributed by atoms with van der Waals surface area (Å²) in [6.45, 7) is 0.668. The van der Waals surface area contributed by atoms with Gasteiger partial charge in [0.2, 0.25) is 0 Å². The van der Waals surface area contributed by atoms with E-state index < -0.39 is 0 Å². The van der Waals surface area contributed by atoms with Crippen molar-refractivity contribution in [3.63, 3.8) is 0 Å². The van der Waals surface area contributed by atoms with Crippen LogP contribution in [0.3, 0.4) is 0 Å². The molecule has 0 amide bonds. The second kappa shape index (κ2) is 5.64. The highest BCUT2D eigenvalue weighted by atomic mass is 15.0. The van der Waals surface area contributed by atoms with Gasteiger partial charge in [-0.05, 0) is 29.8 Å². The van der Waals surface area contributed by atoms with E-state index in [1.165, 1.54) is 5.56 Å². The number of hydrogen-bond donors (Lipinski definition) is 4. The van der Waals surface area contributed by atoms with Gasteiger partial charge in [0.05, 0.1) is 11.0 Å². The Hall–Kier alpha value is -4.26. The summed E-state index contributed by atoms with van der Waals surface area (Å²) in [4.78, 5) is 8.27. The standard InChI is InChI=1S/C23H17N7/c24-20-14-6-12-13-7-15-17(23(27)29-21(15)25)9-19(13)30(10-11-4-2-1-3-5-11)18(12)8-16(14)22(26)28-20/h1-9H,10H2,(H3,24,26,28)(H3,25,27,29). The first-order valence-corrected chi connectivity index (χ1v) is 9.56. The number of nitrogens with one attached hydrogen (secondary N) is 2. The number of benzene rings is 3. The van der Waals surface area contributed by atoms with Crippen molar-refractivity contribution in [2.45, 2.75) is 6.54 Å². The van der Waals surface area contributed by atoms with E-state index in [9.17, 15) is 0 Å². The van der Waals surface area contributed by atoms with Crippen molar-refractivity contribution in [2.75, 3.05) is 11.5 Å². The van der Waals surface area contributed by atoms with Gasteiger partial charge in [0.15, 0.2) is 11.0 Å². The number of nitrogens with two attached hydrogens (primary N) is 2. The topological polar surface area (TPSA) is 130 Å². The Balaban J connectivity index is 1.80. The summed E-state index contributed by atoms with van der Waals surface area (Å²) in [6.07, 6.45) is 0. The molecule has 0 saturated heterocycles. The third-order valence-electron chi connectivity index (χ3n) is 5.85. The van der Waals surface area contributed by atoms with E-state index in [0.29, 0.717) is 18.2 Å². The lowest BCUT2D eigenvalue weighted by molar-refractivity contribution is 0.870. The van der Waals surface area contributed by atoms with E-state index in [0.717, 1.165) is 43.4 Å². The number of rotatable bonds is 2. The molecule has 0 spiro atoms. The van der Waals surface area contributed by atoms with Crippen LogP contribution in [0.5, 0.6) is 0 Å². The summed E-state index contributed by atoms with van der Waals surface area (Å²) in [5.74, 6) is 0.739. The van der Waals surface area contributed by atoms with Crippen LogP contribution in [-0.4, -0.2) is 14.5 Å². The predicted molar refractivity (Wildman–Crippen MR) is 118 cm³/mol. The number of hydrogen-bond acceptors (Lipinski definition) is 6. The molecule has 0 aliphatic carbocycles. The van der Waals surface area contributed by atoms with Gasteiger partial charge in [-0.1, -0.05) is 30.3 Å². The molecular formula is C23H17N7. The molecule has 0 radical (unpaired) electrons. The van der Waals surface area contributed by atoms with Crippen LogP contribution >= 0.6 is 0 Å². The van der Waals surface area contributed by atoms with Gasteiger partial charge in [-0.25, -0.2) is 9.97 Å². The number of nitrogens with zero attached hydrogens (tertiary/aromatic N) is 3. The van der Waals surface area contributed by atoms with Crippen LogP contribution in [-0.2, 0) is 6.54 Å². The highest BCUT2D eigenvalue weighted by molar-refractivity contribution is 6.17. The van der Waals surface area contributed by atoms with Gasteiger partial charge in [-0.3, -0.25) is 10.8 Å². The van der Waals surface area contributed by atoms with Crippen molar-refractivity contribution < 1.29 is 0 Å². The maximum absolute atomic E-state index is 8.17. The summed E-state index contributed by atoms with van der Waals surface area (Å²) in [5.41, 5.74) is 15.7. The average Bonchev–Trinajstić information content (AvgIpc) is 3.31. The third kappa shape index (κ3) is 2.14. The van der Waals surface area contributed by atoms with Crippen LogP contribution in [0.4, 0.5) is 11.6 Å². The lowest BCUT2D eigenvalue weighted by atomic mass is 10.1. The smallest absolute Gasteiger partial charge is 0.154 e. The number of fused-ring (bicyclic) bond motifs is 5. The van der Waals surface area contributed by atoms with Gasteiger partial charge in [-0.15, -0.1) is 0 Å². The Morgan fingerprint density at radius 2 is 1.17 bits per heavy atom. The summed E-state index contributed by atoms with van der Waals surface area (Å²) < 4.78 is 2.23. The molecule has 7 heteroatoms. The first-order chi connectivity index (χ1) is 14.5. The SMILES string of the molecule is N=c1nc(N)c2cc3c(cc12)c1cc2c(=N)nc(N)c2cc1n3Cc1ccccc1. The minimum absolute atomic E-state index is 0.176. The highest BCUT2D eigenvalue weighted by Crippen LogP contribution is 2.36. The molecule has 3 aromatic heterocycles. The predicted octanol–water partition coefficient (Wildman–Crippen LogP) is 2.94. The molecule has 7 nitrogen and oxygen atoms in total. The Morgan fingerprint density at radius 1 is 0.667 bits per heavy atom. The third-order valence-corrected chi connectivity index (χ3v) is 5.85. The normalized spacial score (nSPS) is 12.0. The maximum atomic E-state index is 8.17. The zero-order valence-corrected chi connectivity index (χ0v) is 15.9. The molecule has 0 saturated carbocycles. The zero-order chi connectivity index (χ0) is 20.6. The summed E-state index contributed by atoms with van der Waals surface area (Å²) in [5, 5.41) is 21.3. The quantitative estimate of drug-likeness (QED) is 0.361. The van der Waals surface area contributed by atoms with Crippen LogP contribution in [0.2, 0.25) is 0 Å². The average molecular weight is 391 g/mol. The molecule has 6 aromatic rings. The molecule has 0 atom stereocenters. The van der Waals surface area contributed by atoms with E-state index in [2.05, 4.69) is 26.7 Å². The van der Waals surface area contributed by atoms with Crippen molar-refractivity contribution in [3.05, 3.63) is 71.1 Å². The number of anilines is 2. The molecule has 0 fully saturated rings. The molecule has 6 rings (SSSR count). The number of nitrogen functional groups attached to an aromatic ring is 2. The van der Waals surface area contributed by atoms with Crippen LogP contribution in [0.25, 0.3) is 43.4 Å². The van der Waals surface area contributed by atoms with Crippen molar-refractivity contribution in [1.82, 2.24) is 14.5 Å². The Labute approximate surface area is 169 Å². The van der Waals surface area contributed by atoms with E-state index in [-0.39, 0.29) is 11.0 Å². The second-order valence-electron chi connectivity index (χ2n) is 7.59. The minimum Gasteiger partial charge on any atom is -0.383 e. The molecule has 0 aliphatic heterocycles. The Bertz CT molecular complexity index is 1610. The molecule has 3 heterocycles. The van der Waals surface area contributed by atoms with E-state index >= 15 is 0 Å². The van der Waals surface area contributed by atoms with Crippen LogP contribution in [0.15, 0.2) is 54.6 Å². The molecule has 30 heavy (non-hydrogen) atoms. The Kier molecular flexibility index (Phi) is 3.13. The first kappa shape index (κ1) is 16.7. The molecule has 0 unspecified atom stereocenters. The van der Waals surface area contributed by atoms with Gasteiger partial charge in [0, 0.05) is 38.9 Å². The summed E-state index contributed by atoms with van der Waals surface area (Å²) in [7, 11) is 0. The van der Waals surface area contributed by atoms with E-state index in [4.69, 9.17) is 22.3 Å². The fourth-order valence-corrected chi connectivity index (χ4v) is 4.42. The van der Waals surface area contributed by atoms with Gasteiger partial charge in [0.25, 0.3) is 0 Å². The van der Waals surface area contributed by atoms with Crippen molar-refractivity contribution >= 4 is 55.0 Å². The highest BCUT2D eigenvalue weighted by Gasteiger charge is 2.17. The van der Waals surface area contributed by atoms with Gasteiger partial charge in [-0.2, -0.15) is 0 Å². The monoisotopic (exact) mass is 391 g/mol. The molecule has 0 bridgehead atoms. The van der Waals surface area contributed by atoms with Crippen molar-refractivity contribution in [3.8, 4) is 0 Å². The van der Waals surface area contributed by atoms with Crippen molar-refractivity contribution in [2.24, 2.45) is 0 Å². The minimum atomic E-state index is 0.176. The van der Waals surface area contributed by atoms with Crippen molar-refractivity contribution in [1.29, 1.82) is 10.8 Å². The second-order valence-corrected chi connectivity index (χ2v) is 7.59. The molecule has 3 aromatic carbocycles. The maximum Gasteiger partial charge on any atom is 0.154 e. The molecular weight excluding hydrogens is 374 g/mol. The zero-order valence-electron chi connectivity index (χ0n) is 15.9. The van der Waals surface area contributed by atoms with Crippen LogP contribution < -0.4 is 22.4 Å². The van der Waals surface area contributed by atoms with Gasteiger partial charge < -0.3 is 16.0 Å². The lowest BCUT2D eigenvalue weighted by Crippen LogP contribution is -2.00. The fraction of sp³-hybridized carbons (Fsp3) is 0.0435. The van der Waals surface area contributed by atoms with E-state index in [1.54, 1.807) is 0 Å². The van der Waals surface area contributed by atoms with E-state index in [1.807, 2.05) is 42.5 Å². The molecule has 6 N–H and O–H groups in total. The van der Waals surface area contributed by atoms with Crippen LogP contribution in [0, 0.1) is 10.8 Å². The summed E-state index contributed by atoms with van der Waals surface area (Å²) >= 11 is 0. The lowest BCUT2D eigenvalue weighted by Gasteiger charge is -2.08. The summed E-state index contributed by atoms with van der Waals surface area (Å²) in [6, 6.07) is 18.2. The van der Waals surface area contributed by atoms with Crippen LogP contribution in [0.1, 0.15) is 5.56 Å². The first-order valence-electron chi connectivity index (χ1n) is 9.56. The Morgan fingerprint density at radius 3 is 1.67 bits per heavy atom. The molecule has 0 aliphatic rings. The largest absolute Gasteiger partial charge is 0.383 e. The number of aromatic nitrogens is 3. The van der Waals surface area contributed by atoms with Gasteiger partial charge in [0.1, 0.15) is 11.6 Å². The van der Waals surface area contributed by atoms with Gasteiger partial charge >= 0.3 is 0 Å². The molecule has 144 valence electrons.